The van der Waals surface area contributed by atoms with Gasteiger partial charge in [0.1, 0.15) is 5.82 Å². The van der Waals surface area contributed by atoms with Crippen LogP contribution in [0.5, 0.6) is 0 Å². The van der Waals surface area contributed by atoms with Crippen LogP contribution in [0.1, 0.15) is 41.4 Å². The van der Waals surface area contributed by atoms with Crippen LogP contribution < -0.4 is 16.0 Å². The smallest absolute Gasteiger partial charge is 0.252 e. The molecule has 1 amide bonds. The molecule has 7 heteroatoms. The van der Waals surface area contributed by atoms with E-state index in [-0.39, 0.29) is 17.8 Å². The lowest BCUT2D eigenvalue weighted by Crippen LogP contribution is -2.39. The largest absolute Gasteiger partial charge is 0.357 e. The van der Waals surface area contributed by atoms with Gasteiger partial charge in [-0.3, -0.25) is 9.79 Å². The first kappa shape index (κ1) is 21.7. The fourth-order valence-corrected chi connectivity index (χ4v) is 2.79. The summed E-state index contributed by atoms with van der Waals surface area (Å²) in [7, 11) is 0. The van der Waals surface area contributed by atoms with Gasteiger partial charge in [0.2, 0.25) is 0 Å². The number of aryl methyl sites for hydroxylation is 1. The van der Waals surface area contributed by atoms with E-state index >= 15 is 0 Å². The van der Waals surface area contributed by atoms with E-state index in [1.165, 1.54) is 6.07 Å². The minimum Gasteiger partial charge on any atom is -0.357 e. The molecule has 0 aliphatic rings. The predicted octanol–water partition coefficient (Wildman–Crippen LogP) is 3.83. The summed E-state index contributed by atoms with van der Waals surface area (Å²) in [6.07, 6.45) is 0. The second-order valence-corrected chi connectivity index (χ2v) is 6.78. The molecular weight excluding hydrogens is 379 g/mol. The quantitative estimate of drug-likeness (QED) is 0.373. The van der Waals surface area contributed by atoms with Gasteiger partial charge in [0.15, 0.2) is 5.96 Å². The number of halogens is 2. The van der Waals surface area contributed by atoms with Crippen molar-refractivity contribution in [3.05, 3.63) is 70.0 Å². The monoisotopic (exact) mass is 404 g/mol. The molecule has 150 valence electrons. The van der Waals surface area contributed by atoms with Crippen molar-refractivity contribution in [2.24, 2.45) is 4.99 Å². The molecule has 0 aliphatic carbocycles. The van der Waals surface area contributed by atoms with Gasteiger partial charge in [-0.2, -0.15) is 0 Å². The third kappa shape index (κ3) is 6.23. The average molecular weight is 405 g/mol. The molecule has 28 heavy (non-hydrogen) atoms. The van der Waals surface area contributed by atoms with Crippen LogP contribution in [-0.4, -0.2) is 31.5 Å². The summed E-state index contributed by atoms with van der Waals surface area (Å²) in [5.41, 5.74) is 1.89. The lowest BCUT2D eigenvalue weighted by atomic mass is 10.1. The summed E-state index contributed by atoms with van der Waals surface area (Å²) >= 11 is 6.02. The molecule has 2 rings (SSSR count). The number of hydrogen-bond acceptors (Lipinski definition) is 2. The van der Waals surface area contributed by atoms with Crippen molar-refractivity contribution >= 4 is 23.5 Å². The molecule has 0 saturated carbocycles. The first-order valence-electron chi connectivity index (χ1n) is 9.26. The Hall–Kier alpha value is -2.60. The zero-order valence-corrected chi connectivity index (χ0v) is 17.1. The fraction of sp³-hybridized carbons (Fsp3) is 0.333. The normalized spacial score (nSPS) is 12.4. The number of carbonyl (C=O) groups excluding carboxylic acids is 1. The summed E-state index contributed by atoms with van der Waals surface area (Å²) in [4.78, 5) is 16.6. The molecule has 5 nitrogen and oxygen atoms in total. The van der Waals surface area contributed by atoms with E-state index in [9.17, 15) is 9.18 Å². The van der Waals surface area contributed by atoms with Crippen molar-refractivity contribution in [1.29, 1.82) is 0 Å². The van der Waals surface area contributed by atoms with E-state index in [0.29, 0.717) is 41.7 Å². The van der Waals surface area contributed by atoms with Gasteiger partial charge in [0.25, 0.3) is 5.91 Å². The van der Waals surface area contributed by atoms with Crippen LogP contribution in [0, 0.1) is 12.7 Å². The number of amides is 1. The second-order valence-electron chi connectivity index (χ2n) is 6.37. The third-order valence-electron chi connectivity index (χ3n) is 4.18. The summed E-state index contributed by atoms with van der Waals surface area (Å²) < 4.78 is 13.8. The molecule has 0 heterocycles. The van der Waals surface area contributed by atoms with Gasteiger partial charge in [-0.15, -0.1) is 0 Å². The zero-order valence-electron chi connectivity index (χ0n) is 16.4. The van der Waals surface area contributed by atoms with Crippen molar-refractivity contribution in [2.45, 2.75) is 26.8 Å². The first-order chi connectivity index (χ1) is 13.4. The Labute approximate surface area is 170 Å². The Balaban J connectivity index is 1.91. The predicted molar refractivity (Wildman–Crippen MR) is 112 cm³/mol. The van der Waals surface area contributed by atoms with Crippen LogP contribution in [0.2, 0.25) is 5.02 Å². The van der Waals surface area contributed by atoms with Crippen molar-refractivity contribution in [3.63, 3.8) is 0 Å². The Morgan fingerprint density at radius 2 is 1.96 bits per heavy atom. The van der Waals surface area contributed by atoms with Gasteiger partial charge in [-0.25, -0.2) is 4.39 Å². The van der Waals surface area contributed by atoms with E-state index in [2.05, 4.69) is 20.9 Å². The number of carbonyl (C=O) groups is 1. The number of nitrogens with one attached hydrogen (secondary N) is 3. The van der Waals surface area contributed by atoms with Crippen LogP contribution in [0.4, 0.5) is 4.39 Å². The van der Waals surface area contributed by atoms with Crippen molar-refractivity contribution in [2.75, 3.05) is 19.6 Å². The highest BCUT2D eigenvalue weighted by atomic mass is 35.5. The zero-order chi connectivity index (χ0) is 20.5. The molecule has 0 saturated heterocycles. The molecule has 2 aromatic carbocycles. The van der Waals surface area contributed by atoms with E-state index in [1.807, 2.05) is 19.9 Å². The van der Waals surface area contributed by atoms with Crippen molar-refractivity contribution in [3.8, 4) is 0 Å². The van der Waals surface area contributed by atoms with Crippen LogP contribution in [-0.2, 0) is 0 Å². The summed E-state index contributed by atoms with van der Waals surface area (Å²) in [5, 5.41) is 9.61. The van der Waals surface area contributed by atoms with E-state index in [0.717, 1.165) is 5.56 Å². The highest BCUT2D eigenvalue weighted by molar-refractivity contribution is 6.33. The highest BCUT2D eigenvalue weighted by Gasteiger charge is 2.11. The molecule has 2 aromatic rings. The minimum absolute atomic E-state index is 0.120. The number of guanidine groups is 1. The van der Waals surface area contributed by atoms with Gasteiger partial charge in [0, 0.05) is 13.1 Å². The number of hydrogen-bond donors (Lipinski definition) is 3. The number of nitrogens with zero attached hydrogens (tertiary/aromatic N) is 1. The molecule has 0 radical (unpaired) electrons. The van der Waals surface area contributed by atoms with Gasteiger partial charge >= 0.3 is 0 Å². The molecule has 0 bridgehead atoms. The average Bonchev–Trinajstić information content (AvgIpc) is 2.67. The van der Waals surface area contributed by atoms with Crippen LogP contribution in [0.3, 0.4) is 0 Å². The summed E-state index contributed by atoms with van der Waals surface area (Å²) in [6, 6.07) is 12.0. The molecule has 1 atom stereocenters. The van der Waals surface area contributed by atoms with Crippen LogP contribution in [0.15, 0.2) is 47.5 Å². The SMILES string of the molecule is CCNC(=NCCNC(=O)c1ccccc1Cl)NC(C)c1ccc(C)c(F)c1. The van der Waals surface area contributed by atoms with E-state index < -0.39 is 0 Å². The minimum atomic E-state index is -0.234. The molecule has 0 aromatic heterocycles. The van der Waals surface area contributed by atoms with Crippen molar-refractivity contribution in [1.82, 2.24) is 16.0 Å². The summed E-state index contributed by atoms with van der Waals surface area (Å²) in [6.45, 7) is 7.09. The maximum absolute atomic E-state index is 13.8. The highest BCUT2D eigenvalue weighted by Crippen LogP contribution is 2.16. The topological polar surface area (TPSA) is 65.5 Å². The van der Waals surface area contributed by atoms with Gasteiger partial charge in [0.05, 0.1) is 23.2 Å². The second kappa shape index (κ2) is 10.7. The van der Waals surface area contributed by atoms with Crippen LogP contribution >= 0.6 is 11.6 Å². The Bertz CT molecular complexity index is 841. The van der Waals surface area contributed by atoms with Crippen molar-refractivity contribution < 1.29 is 9.18 Å². The molecule has 0 spiro atoms. The number of benzene rings is 2. The maximum atomic E-state index is 13.8. The third-order valence-corrected chi connectivity index (χ3v) is 4.51. The fourth-order valence-electron chi connectivity index (χ4n) is 2.56. The standard InChI is InChI=1S/C21H26ClFN4O/c1-4-24-21(27-15(3)16-10-9-14(2)19(23)13-16)26-12-11-25-20(28)17-7-5-6-8-18(17)22/h5-10,13,15H,4,11-12H2,1-3H3,(H,25,28)(H2,24,26,27). The lowest BCUT2D eigenvalue weighted by Gasteiger charge is -2.18. The Morgan fingerprint density at radius 1 is 1.21 bits per heavy atom. The molecule has 0 fully saturated rings. The number of rotatable bonds is 7. The van der Waals surface area contributed by atoms with Crippen LogP contribution in [0.25, 0.3) is 0 Å². The molecule has 3 N–H and O–H groups in total. The van der Waals surface area contributed by atoms with Gasteiger partial charge in [-0.1, -0.05) is 35.9 Å². The Kier molecular flexibility index (Phi) is 8.26. The Morgan fingerprint density at radius 3 is 2.64 bits per heavy atom. The maximum Gasteiger partial charge on any atom is 0.252 e. The summed E-state index contributed by atoms with van der Waals surface area (Å²) in [5.74, 6) is 0.139. The first-order valence-corrected chi connectivity index (χ1v) is 9.63. The number of aliphatic imine (C=N–C) groups is 1. The lowest BCUT2D eigenvalue weighted by molar-refractivity contribution is 0.0955. The molecular formula is C21H26ClFN4O. The molecule has 0 aliphatic heterocycles. The van der Waals surface area contributed by atoms with E-state index in [1.54, 1.807) is 37.3 Å². The van der Waals surface area contributed by atoms with Gasteiger partial charge < -0.3 is 16.0 Å². The van der Waals surface area contributed by atoms with E-state index in [4.69, 9.17) is 11.6 Å². The molecule has 1 unspecified atom stereocenters. The van der Waals surface area contributed by atoms with Gasteiger partial charge in [-0.05, 0) is 50.1 Å².